The van der Waals surface area contributed by atoms with E-state index in [4.69, 9.17) is 0 Å². The van der Waals surface area contributed by atoms with Crippen molar-refractivity contribution in [3.05, 3.63) is 34.3 Å². The Morgan fingerprint density at radius 1 is 1.32 bits per heavy atom. The molecular formula is C16H23BrN2. The highest BCUT2D eigenvalue weighted by molar-refractivity contribution is 9.10. The van der Waals surface area contributed by atoms with Gasteiger partial charge in [-0.25, -0.2) is 0 Å². The van der Waals surface area contributed by atoms with Gasteiger partial charge in [0.25, 0.3) is 0 Å². The molecule has 2 fully saturated rings. The van der Waals surface area contributed by atoms with Gasteiger partial charge in [-0.2, -0.15) is 0 Å². The summed E-state index contributed by atoms with van der Waals surface area (Å²) in [6, 6.07) is 11.2. The number of hydrogen-bond donors (Lipinski definition) is 1. The fraction of sp³-hybridized carbons (Fsp3) is 0.625. The third kappa shape index (κ3) is 3.04. The minimum absolute atomic E-state index is 0.409. The lowest BCUT2D eigenvalue weighted by Gasteiger charge is -2.22. The highest BCUT2D eigenvalue weighted by Crippen LogP contribution is 2.34. The van der Waals surface area contributed by atoms with E-state index >= 15 is 0 Å². The number of likely N-dealkylation sites (tertiary alicyclic amines) is 1. The molecule has 0 radical (unpaired) electrons. The molecule has 3 atom stereocenters. The van der Waals surface area contributed by atoms with E-state index in [0.29, 0.717) is 12.1 Å². The Kier molecular flexibility index (Phi) is 3.97. The third-order valence-electron chi connectivity index (χ3n) is 4.50. The maximum atomic E-state index is 3.81. The van der Waals surface area contributed by atoms with Crippen LogP contribution in [0.5, 0.6) is 0 Å². The number of nitrogens with zero attached hydrogens (tertiary/aromatic N) is 1. The molecule has 0 aromatic heterocycles. The van der Waals surface area contributed by atoms with Crippen LogP contribution in [0.25, 0.3) is 0 Å². The second-order valence-electron chi connectivity index (χ2n) is 6.12. The van der Waals surface area contributed by atoms with E-state index in [1.807, 2.05) is 0 Å². The van der Waals surface area contributed by atoms with Crippen molar-refractivity contribution in [2.24, 2.45) is 0 Å². The van der Waals surface area contributed by atoms with Crippen molar-refractivity contribution in [3.63, 3.8) is 0 Å². The first-order chi connectivity index (χ1) is 9.15. The fourth-order valence-electron chi connectivity index (χ4n) is 3.36. The van der Waals surface area contributed by atoms with E-state index in [0.717, 1.165) is 12.1 Å². The van der Waals surface area contributed by atoms with E-state index < -0.39 is 0 Å². The molecule has 2 aliphatic rings. The summed E-state index contributed by atoms with van der Waals surface area (Å²) in [5.74, 6) is 0. The van der Waals surface area contributed by atoms with Crippen LogP contribution < -0.4 is 5.32 Å². The van der Waals surface area contributed by atoms with Crippen molar-refractivity contribution in [2.45, 2.75) is 57.3 Å². The molecule has 19 heavy (non-hydrogen) atoms. The van der Waals surface area contributed by atoms with Gasteiger partial charge in [0.15, 0.2) is 0 Å². The van der Waals surface area contributed by atoms with Crippen molar-refractivity contribution in [1.82, 2.24) is 10.2 Å². The van der Waals surface area contributed by atoms with Crippen LogP contribution in [0.15, 0.2) is 28.7 Å². The topological polar surface area (TPSA) is 15.3 Å². The van der Waals surface area contributed by atoms with E-state index in [1.165, 1.54) is 35.8 Å². The smallest absolute Gasteiger partial charge is 0.0306 e. The lowest BCUT2D eigenvalue weighted by atomic mass is 10.1. The molecule has 3 rings (SSSR count). The van der Waals surface area contributed by atoms with Crippen molar-refractivity contribution in [1.29, 1.82) is 0 Å². The molecule has 0 amide bonds. The van der Waals surface area contributed by atoms with Gasteiger partial charge in [0, 0.05) is 35.2 Å². The molecule has 1 N–H and O–H groups in total. The van der Waals surface area contributed by atoms with E-state index in [1.54, 1.807) is 0 Å². The minimum atomic E-state index is 0.409. The van der Waals surface area contributed by atoms with Gasteiger partial charge in [0.1, 0.15) is 0 Å². The lowest BCUT2D eigenvalue weighted by Crippen LogP contribution is -2.35. The summed E-state index contributed by atoms with van der Waals surface area (Å²) < 4.78 is 1.21. The first-order valence-electron chi connectivity index (χ1n) is 7.41. The second-order valence-corrected chi connectivity index (χ2v) is 6.97. The SMILES string of the molecule is CC(NC1CC(C)N(C2CC2)C1)c1ccccc1Br. The standard InChI is InChI=1S/C16H23BrN2/c1-11-9-13(10-19(11)14-7-8-14)18-12(2)15-5-3-4-6-16(15)17/h3-6,11-14,18H,7-10H2,1-2H3. The van der Waals surface area contributed by atoms with Gasteiger partial charge in [-0.15, -0.1) is 0 Å². The Bertz CT molecular complexity index is 444. The summed E-state index contributed by atoms with van der Waals surface area (Å²) in [6.45, 7) is 5.87. The van der Waals surface area contributed by atoms with Crippen LogP contribution in [0, 0.1) is 0 Å². The lowest BCUT2D eigenvalue weighted by molar-refractivity contribution is 0.254. The van der Waals surface area contributed by atoms with Crippen LogP contribution in [0.2, 0.25) is 0 Å². The monoisotopic (exact) mass is 322 g/mol. The van der Waals surface area contributed by atoms with Crippen LogP contribution in [0.1, 0.15) is 44.7 Å². The van der Waals surface area contributed by atoms with Crippen molar-refractivity contribution in [3.8, 4) is 0 Å². The van der Waals surface area contributed by atoms with Crippen LogP contribution in [-0.2, 0) is 0 Å². The van der Waals surface area contributed by atoms with Gasteiger partial charge < -0.3 is 5.32 Å². The Labute approximate surface area is 124 Å². The Hall–Kier alpha value is -0.380. The predicted molar refractivity (Wildman–Crippen MR) is 83.3 cm³/mol. The molecule has 104 valence electrons. The zero-order valence-electron chi connectivity index (χ0n) is 11.8. The van der Waals surface area contributed by atoms with Gasteiger partial charge in [0.05, 0.1) is 0 Å². The van der Waals surface area contributed by atoms with Gasteiger partial charge in [-0.1, -0.05) is 34.1 Å². The number of rotatable bonds is 4. The third-order valence-corrected chi connectivity index (χ3v) is 5.22. The summed E-state index contributed by atoms with van der Waals surface area (Å²) in [5, 5.41) is 3.81. The molecule has 1 heterocycles. The molecule has 3 heteroatoms. The van der Waals surface area contributed by atoms with Crippen LogP contribution >= 0.6 is 15.9 Å². The Balaban J connectivity index is 1.61. The predicted octanol–water partition coefficient (Wildman–Crippen LogP) is 3.72. The first kappa shape index (κ1) is 13.6. The molecule has 0 bridgehead atoms. The largest absolute Gasteiger partial charge is 0.306 e. The highest BCUT2D eigenvalue weighted by Gasteiger charge is 2.38. The maximum Gasteiger partial charge on any atom is 0.0306 e. The summed E-state index contributed by atoms with van der Waals surface area (Å²) in [7, 11) is 0. The minimum Gasteiger partial charge on any atom is -0.306 e. The molecule has 1 aromatic rings. The number of hydrogen-bond acceptors (Lipinski definition) is 2. The number of halogens is 1. The molecule has 3 unspecified atom stereocenters. The zero-order chi connectivity index (χ0) is 13.4. The first-order valence-corrected chi connectivity index (χ1v) is 8.20. The molecule has 2 nitrogen and oxygen atoms in total. The second kappa shape index (κ2) is 5.55. The molecule has 1 aliphatic carbocycles. The molecular weight excluding hydrogens is 300 g/mol. The quantitative estimate of drug-likeness (QED) is 0.908. The summed E-state index contributed by atoms with van der Waals surface area (Å²) in [6.07, 6.45) is 4.11. The summed E-state index contributed by atoms with van der Waals surface area (Å²) in [4.78, 5) is 2.70. The van der Waals surface area contributed by atoms with Crippen molar-refractivity contribution in [2.75, 3.05) is 6.54 Å². The Morgan fingerprint density at radius 2 is 2.05 bits per heavy atom. The molecule has 1 saturated carbocycles. The fourth-order valence-corrected chi connectivity index (χ4v) is 3.99. The van der Waals surface area contributed by atoms with E-state index in [2.05, 4.69) is 64.3 Å². The highest BCUT2D eigenvalue weighted by atomic mass is 79.9. The summed E-state index contributed by atoms with van der Waals surface area (Å²) in [5.41, 5.74) is 1.36. The van der Waals surface area contributed by atoms with Crippen molar-refractivity contribution < 1.29 is 0 Å². The Morgan fingerprint density at radius 3 is 2.74 bits per heavy atom. The molecule has 1 aliphatic heterocycles. The van der Waals surface area contributed by atoms with Gasteiger partial charge in [-0.3, -0.25) is 4.90 Å². The van der Waals surface area contributed by atoms with Crippen LogP contribution in [0.3, 0.4) is 0 Å². The molecule has 0 spiro atoms. The van der Waals surface area contributed by atoms with Gasteiger partial charge >= 0.3 is 0 Å². The maximum absolute atomic E-state index is 3.81. The summed E-state index contributed by atoms with van der Waals surface area (Å²) >= 11 is 3.65. The van der Waals surface area contributed by atoms with E-state index in [9.17, 15) is 0 Å². The van der Waals surface area contributed by atoms with Gasteiger partial charge in [0.2, 0.25) is 0 Å². The number of benzene rings is 1. The van der Waals surface area contributed by atoms with Gasteiger partial charge in [-0.05, 0) is 44.7 Å². The number of nitrogens with one attached hydrogen (secondary N) is 1. The molecule has 1 saturated heterocycles. The van der Waals surface area contributed by atoms with E-state index in [-0.39, 0.29) is 0 Å². The zero-order valence-corrected chi connectivity index (χ0v) is 13.4. The van der Waals surface area contributed by atoms with Crippen LogP contribution in [0.4, 0.5) is 0 Å². The average molecular weight is 323 g/mol. The van der Waals surface area contributed by atoms with Crippen molar-refractivity contribution >= 4 is 15.9 Å². The normalized spacial score (nSPS) is 29.6. The average Bonchev–Trinajstić information content (AvgIpc) is 3.15. The molecule has 1 aromatic carbocycles. The van der Waals surface area contributed by atoms with Crippen LogP contribution in [-0.4, -0.2) is 29.6 Å².